The van der Waals surface area contributed by atoms with E-state index in [-0.39, 0.29) is 5.50 Å². The van der Waals surface area contributed by atoms with Crippen LogP contribution in [0, 0.1) is 0 Å². The molecule has 0 amide bonds. The minimum absolute atomic E-state index is 0.181. The van der Waals surface area contributed by atoms with Gasteiger partial charge in [0.25, 0.3) is 11.8 Å². The molecule has 0 saturated carbocycles. The Morgan fingerprint density at radius 2 is 2.57 bits per heavy atom. The monoisotopic (exact) mass is 118 g/mol. The first-order valence-corrected chi connectivity index (χ1v) is 2.62. The fourth-order valence-electron chi connectivity index (χ4n) is 0.264. The third kappa shape index (κ3) is 0.916. The first-order valence-electron chi connectivity index (χ1n) is 1.78. The standard InChI is InChI=1S/C2H6N4S/c3-2-6(4)1-5-7-2/h1-2H,3-4H2/q+1. The Bertz CT molecular complexity index is 91.7. The van der Waals surface area contributed by atoms with Gasteiger partial charge in [-0.25, -0.2) is 0 Å². The van der Waals surface area contributed by atoms with Crippen molar-refractivity contribution in [2.75, 3.05) is 0 Å². The van der Waals surface area contributed by atoms with Crippen LogP contribution in [0.3, 0.4) is 0 Å². The normalized spacial score (nSPS) is 32.0. The predicted octanol–water partition coefficient (Wildman–Crippen LogP) is -1.07. The molecule has 1 rings (SSSR count). The molecule has 0 fully saturated rings. The lowest BCUT2D eigenvalue weighted by Crippen LogP contribution is -2.45. The Hall–Kier alpha value is -0.100. The zero-order chi connectivity index (χ0) is 5.28. The zero-order valence-electron chi connectivity index (χ0n) is 3.61. The van der Waals surface area contributed by atoms with Crippen molar-refractivity contribution < 1.29 is 0 Å². The Morgan fingerprint density at radius 1 is 1.86 bits per heavy atom. The summed E-state index contributed by atoms with van der Waals surface area (Å²) in [4.78, 5) is 0. The number of hydrazine groups is 1. The molecule has 0 aromatic heterocycles. The van der Waals surface area contributed by atoms with Crippen molar-refractivity contribution in [3.05, 3.63) is 0 Å². The number of rotatable bonds is 0. The van der Waals surface area contributed by atoms with Gasteiger partial charge in [0, 0.05) is 0 Å². The van der Waals surface area contributed by atoms with Gasteiger partial charge in [0.15, 0.2) is 0 Å². The third-order valence-corrected chi connectivity index (χ3v) is 1.32. The molecule has 4 N–H and O–H groups in total. The highest BCUT2D eigenvalue weighted by molar-refractivity contribution is 7.99. The molecular weight excluding hydrogens is 112 g/mol. The lowest BCUT2D eigenvalue weighted by molar-refractivity contribution is 0.592. The van der Waals surface area contributed by atoms with E-state index < -0.39 is 0 Å². The molecule has 1 radical (unpaired) electrons. The van der Waals surface area contributed by atoms with Crippen molar-refractivity contribution in [2.24, 2.45) is 16.0 Å². The van der Waals surface area contributed by atoms with E-state index in [1.807, 2.05) is 0 Å². The summed E-state index contributed by atoms with van der Waals surface area (Å²) < 4.78 is 3.71. The van der Waals surface area contributed by atoms with Crippen molar-refractivity contribution in [2.45, 2.75) is 5.50 Å². The van der Waals surface area contributed by atoms with E-state index >= 15 is 0 Å². The van der Waals surface area contributed by atoms with Crippen LogP contribution in [0.5, 0.6) is 0 Å². The van der Waals surface area contributed by atoms with E-state index in [9.17, 15) is 0 Å². The highest BCUT2D eigenvalue weighted by Crippen LogP contribution is 2.10. The summed E-state index contributed by atoms with van der Waals surface area (Å²) in [6.07, 6.45) is 1.50. The topological polar surface area (TPSA) is 70.3 Å². The van der Waals surface area contributed by atoms with Gasteiger partial charge < -0.3 is 0 Å². The molecule has 7 heavy (non-hydrogen) atoms. The van der Waals surface area contributed by atoms with E-state index in [4.69, 9.17) is 11.6 Å². The van der Waals surface area contributed by atoms with Crippen molar-refractivity contribution >= 4 is 18.3 Å². The molecule has 1 heterocycles. The second-order valence-electron chi connectivity index (χ2n) is 1.16. The van der Waals surface area contributed by atoms with Crippen LogP contribution in [-0.4, -0.2) is 11.8 Å². The van der Waals surface area contributed by atoms with Crippen LogP contribution in [0.1, 0.15) is 0 Å². The van der Waals surface area contributed by atoms with Crippen molar-refractivity contribution in [3.8, 4) is 0 Å². The van der Waals surface area contributed by atoms with Gasteiger partial charge in [0.1, 0.15) is 0 Å². The molecule has 0 spiro atoms. The number of hydrogen-bond acceptors (Lipinski definition) is 5. The third-order valence-electron chi connectivity index (χ3n) is 0.643. The van der Waals surface area contributed by atoms with E-state index in [1.165, 1.54) is 23.3 Å². The predicted molar refractivity (Wildman–Crippen MR) is 30.4 cm³/mol. The van der Waals surface area contributed by atoms with Gasteiger partial charge in [-0.15, -0.1) is 5.84 Å². The van der Waals surface area contributed by atoms with E-state index in [2.05, 4.69) is 4.40 Å². The molecule has 0 aromatic rings. The van der Waals surface area contributed by atoms with Gasteiger partial charge in [-0.05, 0) is 5.01 Å². The second-order valence-corrected chi connectivity index (χ2v) is 2.07. The SMILES string of the molecule is NC1SN=C[N+]1N. The smallest absolute Gasteiger partial charge is 0.264 e. The highest BCUT2D eigenvalue weighted by Gasteiger charge is 2.24. The summed E-state index contributed by atoms with van der Waals surface area (Å²) in [6, 6.07) is 0. The molecule has 0 saturated heterocycles. The van der Waals surface area contributed by atoms with Crippen LogP contribution >= 0.6 is 11.9 Å². The molecule has 1 aliphatic heterocycles. The van der Waals surface area contributed by atoms with Crippen LogP contribution in [0.4, 0.5) is 0 Å². The summed E-state index contributed by atoms with van der Waals surface area (Å²) in [7, 11) is 0. The lowest BCUT2D eigenvalue weighted by Gasteiger charge is -1.93. The minimum Gasteiger partial charge on any atom is -0.264 e. The molecule has 1 unspecified atom stereocenters. The quantitative estimate of drug-likeness (QED) is 0.242. The van der Waals surface area contributed by atoms with Gasteiger partial charge in [-0.3, -0.25) is 5.73 Å². The van der Waals surface area contributed by atoms with Crippen molar-refractivity contribution in [1.29, 1.82) is 0 Å². The number of nitrogens with two attached hydrogens (primary N) is 2. The lowest BCUT2D eigenvalue weighted by atomic mass is 11.0. The van der Waals surface area contributed by atoms with Crippen molar-refractivity contribution in [1.82, 2.24) is 5.01 Å². The van der Waals surface area contributed by atoms with Crippen LogP contribution < -0.4 is 16.6 Å². The van der Waals surface area contributed by atoms with E-state index in [0.29, 0.717) is 0 Å². The Balaban J connectivity index is 2.45. The maximum atomic E-state index is 5.32. The summed E-state index contributed by atoms with van der Waals surface area (Å²) >= 11 is 1.25. The van der Waals surface area contributed by atoms with E-state index in [1.54, 1.807) is 0 Å². The van der Waals surface area contributed by atoms with Crippen molar-refractivity contribution in [3.63, 3.8) is 0 Å². The summed E-state index contributed by atoms with van der Waals surface area (Å²) in [6.45, 7) is 0. The largest absolute Gasteiger partial charge is 0.280 e. The van der Waals surface area contributed by atoms with Crippen LogP contribution in [0.15, 0.2) is 4.40 Å². The molecule has 0 aliphatic carbocycles. The molecular formula is C2H6N4S+. The Labute approximate surface area is 45.7 Å². The fraction of sp³-hybridized carbons (Fsp3) is 0.500. The molecule has 5 heteroatoms. The average molecular weight is 118 g/mol. The van der Waals surface area contributed by atoms with Gasteiger partial charge in [-0.1, -0.05) is 0 Å². The average Bonchev–Trinajstić information content (AvgIpc) is 1.91. The number of nitrogens with zero attached hydrogens (tertiary/aromatic N) is 2. The molecule has 39 valence electrons. The van der Waals surface area contributed by atoms with Gasteiger partial charge in [-0.2, -0.15) is 4.40 Å². The maximum absolute atomic E-state index is 5.32. The summed E-state index contributed by atoms with van der Waals surface area (Å²) in [5.74, 6) is 5.22. The highest BCUT2D eigenvalue weighted by atomic mass is 32.2. The van der Waals surface area contributed by atoms with Gasteiger partial charge in [0.05, 0.1) is 11.9 Å². The maximum Gasteiger partial charge on any atom is 0.280 e. The fourth-order valence-corrected chi connectivity index (χ4v) is 0.715. The minimum atomic E-state index is -0.181. The molecule has 4 nitrogen and oxygen atoms in total. The number of hydrogen-bond donors (Lipinski definition) is 2. The van der Waals surface area contributed by atoms with Crippen LogP contribution in [0.2, 0.25) is 0 Å². The zero-order valence-corrected chi connectivity index (χ0v) is 4.43. The van der Waals surface area contributed by atoms with Gasteiger partial charge >= 0.3 is 0 Å². The van der Waals surface area contributed by atoms with Crippen LogP contribution in [0.25, 0.3) is 0 Å². The molecule has 0 bridgehead atoms. The summed E-state index contributed by atoms with van der Waals surface area (Å²) in [5, 5.41) is 1.35. The molecule has 1 aliphatic rings. The summed E-state index contributed by atoms with van der Waals surface area (Å²) in [5.41, 5.74) is 5.14. The Kier molecular flexibility index (Phi) is 1.29. The van der Waals surface area contributed by atoms with Gasteiger partial charge in [0.2, 0.25) is 0 Å². The Morgan fingerprint density at radius 3 is 2.71 bits per heavy atom. The molecule has 1 atom stereocenters. The molecule has 0 aromatic carbocycles. The van der Waals surface area contributed by atoms with E-state index in [0.717, 1.165) is 0 Å². The van der Waals surface area contributed by atoms with Crippen LogP contribution in [-0.2, 0) is 0 Å². The first kappa shape index (κ1) is 5.04. The first-order chi connectivity index (χ1) is 3.30. The second kappa shape index (κ2) is 1.79.